The van der Waals surface area contributed by atoms with Crippen LogP contribution in [0.5, 0.6) is 0 Å². The lowest BCUT2D eigenvalue weighted by Gasteiger charge is -2.19. The number of aliphatic hydroxyl groups excluding tert-OH is 1. The number of nitrogens with one attached hydrogen (secondary N) is 1. The van der Waals surface area contributed by atoms with Crippen LogP contribution in [0.25, 0.3) is 0 Å². The predicted molar refractivity (Wildman–Crippen MR) is 148 cm³/mol. The highest BCUT2D eigenvalue weighted by Gasteiger charge is 2.46. The van der Waals surface area contributed by atoms with Crippen LogP contribution in [0.3, 0.4) is 0 Å². The van der Waals surface area contributed by atoms with E-state index >= 15 is 0 Å². The molecule has 0 radical (unpaired) electrons. The zero-order chi connectivity index (χ0) is 31.7. The maximum Gasteiger partial charge on any atom is 0.330 e. The molecule has 42 heavy (non-hydrogen) atoms. The second kappa shape index (κ2) is 15.5. The molecule has 3 rings (SSSR count). The molecule has 0 spiro atoms. The smallest absolute Gasteiger partial charge is 0.330 e. The molecule has 1 fully saturated rings. The summed E-state index contributed by atoms with van der Waals surface area (Å²) in [4.78, 5) is 49.2. The number of carbonyl (C=O) groups excluding carboxylic acids is 2. The molecule has 0 aliphatic carbocycles. The van der Waals surface area contributed by atoms with Crippen molar-refractivity contribution in [3.05, 3.63) is 39.3 Å². The second-order valence-electron chi connectivity index (χ2n) is 11.7. The third kappa shape index (κ3) is 10.7. The van der Waals surface area contributed by atoms with Gasteiger partial charge in [-0.15, -0.1) is 5.10 Å². The van der Waals surface area contributed by atoms with Crippen LogP contribution in [0.2, 0.25) is 0 Å². The molecule has 2 aromatic rings. The standard InChI is InChI=1S/C20H28N5O11P.C5H12/c1-20(2,3)18(29)33-11-35-37(34-10-32-9-26)13-8-24(23-22-13)7-12-15(28)16(31-4)17(36-12)25-14(27)5-6-21-19(25)30;1-5(2,3)4/h5-6,8-9,12,15-17,28H,7,10-11H2,1-4H3,(H,21,30);1-4H3. The van der Waals surface area contributed by atoms with Crippen LogP contribution >= 0.6 is 8.38 Å². The number of carbonyl (C=O) groups is 2. The molecule has 5 atom stereocenters. The van der Waals surface area contributed by atoms with E-state index in [0.29, 0.717) is 5.41 Å². The minimum atomic E-state index is -1.98. The van der Waals surface area contributed by atoms with Crippen LogP contribution in [0, 0.1) is 10.8 Å². The van der Waals surface area contributed by atoms with Gasteiger partial charge in [0.15, 0.2) is 25.2 Å². The van der Waals surface area contributed by atoms with E-state index in [9.17, 15) is 24.3 Å². The molecule has 2 N–H and O–H groups in total. The van der Waals surface area contributed by atoms with Gasteiger partial charge in [-0.3, -0.25) is 23.4 Å². The van der Waals surface area contributed by atoms with Gasteiger partial charge in [-0.25, -0.2) is 14.0 Å². The second-order valence-corrected chi connectivity index (χ2v) is 13.2. The first-order valence-electron chi connectivity index (χ1n) is 12.9. The van der Waals surface area contributed by atoms with Crippen LogP contribution < -0.4 is 16.7 Å². The first-order chi connectivity index (χ1) is 19.6. The molecular weight excluding hydrogens is 577 g/mol. The summed E-state index contributed by atoms with van der Waals surface area (Å²) in [7, 11) is -0.664. The van der Waals surface area contributed by atoms with E-state index in [-0.39, 0.29) is 18.5 Å². The van der Waals surface area contributed by atoms with Gasteiger partial charge in [-0.2, -0.15) is 0 Å². The Morgan fingerprint density at radius 1 is 1.17 bits per heavy atom. The van der Waals surface area contributed by atoms with E-state index in [0.717, 1.165) is 10.6 Å². The lowest BCUT2D eigenvalue weighted by Crippen LogP contribution is -2.42. The van der Waals surface area contributed by atoms with Gasteiger partial charge in [0.1, 0.15) is 18.3 Å². The van der Waals surface area contributed by atoms with Crippen LogP contribution in [0.15, 0.2) is 28.0 Å². The topological polar surface area (TPSA) is 195 Å². The van der Waals surface area contributed by atoms with Crippen molar-refractivity contribution in [2.45, 2.75) is 79.6 Å². The van der Waals surface area contributed by atoms with E-state index in [1.165, 1.54) is 24.2 Å². The third-order valence-corrected chi connectivity index (χ3v) is 6.35. The number of methoxy groups -OCH3 is 1. The molecular formula is C25H40N5O11P. The zero-order valence-corrected chi connectivity index (χ0v) is 25.9. The number of hydrogen-bond donors (Lipinski definition) is 2. The van der Waals surface area contributed by atoms with Gasteiger partial charge >= 0.3 is 11.7 Å². The van der Waals surface area contributed by atoms with E-state index in [1.807, 2.05) is 0 Å². The number of H-pyrrole nitrogens is 1. The van der Waals surface area contributed by atoms with Crippen molar-refractivity contribution in [1.29, 1.82) is 0 Å². The number of aromatic nitrogens is 5. The minimum Gasteiger partial charge on any atom is -0.440 e. The van der Waals surface area contributed by atoms with E-state index in [1.54, 1.807) is 20.8 Å². The fourth-order valence-electron chi connectivity index (χ4n) is 3.27. The summed E-state index contributed by atoms with van der Waals surface area (Å²) in [5.74, 6) is -0.499. The van der Waals surface area contributed by atoms with Gasteiger partial charge in [0.2, 0.25) is 8.38 Å². The first-order valence-corrected chi connectivity index (χ1v) is 14.1. The average molecular weight is 618 g/mol. The highest BCUT2D eigenvalue weighted by Crippen LogP contribution is 2.36. The fraction of sp³-hybridized carbons (Fsp3) is 0.680. The molecule has 0 saturated carbocycles. The van der Waals surface area contributed by atoms with E-state index in [2.05, 4.69) is 47.7 Å². The summed E-state index contributed by atoms with van der Waals surface area (Å²) in [5.41, 5.74) is -1.40. The SMILES string of the molecule is CC(C)(C)C.COC1C(O)C(Cn2cc(P(OCOC=O)OCOC(=O)C(C)(C)C)nn2)OC1n1c(=O)cc[nH]c1=O. The first kappa shape index (κ1) is 35.2. The monoisotopic (exact) mass is 617 g/mol. The number of aliphatic hydroxyl groups is 1. The van der Waals surface area contributed by atoms with Gasteiger partial charge in [-0.05, 0) is 26.2 Å². The Morgan fingerprint density at radius 2 is 1.81 bits per heavy atom. The average Bonchev–Trinajstić information content (AvgIpc) is 3.46. The minimum absolute atomic E-state index is 0.0446. The quantitative estimate of drug-likeness (QED) is 0.112. The number of aromatic amines is 1. The van der Waals surface area contributed by atoms with Crippen molar-refractivity contribution < 1.29 is 42.7 Å². The van der Waals surface area contributed by atoms with E-state index < -0.39 is 69.1 Å². The molecule has 236 valence electrons. The van der Waals surface area contributed by atoms with Gasteiger partial charge < -0.3 is 29.0 Å². The Kier molecular flexibility index (Phi) is 13.0. The molecule has 5 unspecified atom stereocenters. The Morgan fingerprint density at radius 3 is 2.38 bits per heavy atom. The van der Waals surface area contributed by atoms with Crippen LogP contribution in [0.1, 0.15) is 54.7 Å². The summed E-state index contributed by atoms with van der Waals surface area (Å²) in [6, 6.07) is 1.15. The highest BCUT2D eigenvalue weighted by atomic mass is 31.2. The Balaban J connectivity index is 0.00000113. The summed E-state index contributed by atoms with van der Waals surface area (Å²) >= 11 is 0. The summed E-state index contributed by atoms with van der Waals surface area (Å²) in [5, 5.41) is 18.7. The van der Waals surface area contributed by atoms with E-state index in [4.69, 9.17) is 23.3 Å². The lowest BCUT2D eigenvalue weighted by atomic mass is 9.98. The zero-order valence-electron chi connectivity index (χ0n) is 25.0. The Hall–Kier alpha value is -3.01. The molecule has 16 nitrogen and oxygen atoms in total. The largest absolute Gasteiger partial charge is 0.440 e. The Labute approximate surface area is 244 Å². The van der Waals surface area contributed by atoms with Crippen molar-refractivity contribution in [2.24, 2.45) is 10.8 Å². The molecule has 2 aromatic heterocycles. The van der Waals surface area contributed by atoms with Crippen molar-refractivity contribution in [1.82, 2.24) is 24.5 Å². The fourth-order valence-corrected chi connectivity index (χ4v) is 4.26. The number of hydrogen-bond acceptors (Lipinski definition) is 13. The van der Waals surface area contributed by atoms with Gasteiger partial charge in [0.05, 0.1) is 18.2 Å². The molecule has 0 aromatic carbocycles. The molecule has 17 heteroatoms. The highest BCUT2D eigenvalue weighted by molar-refractivity contribution is 7.55. The number of esters is 1. The summed E-state index contributed by atoms with van der Waals surface area (Å²) < 4.78 is 33.7. The van der Waals surface area contributed by atoms with Gasteiger partial charge in [0.25, 0.3) is 12.0 Å². The maximum atomic E-state index is 12.2. The van der Waals surface area contributed by atoms with Gasteiger partial charge in [0, 0.05) is 19.4 Å². The molecule has 1 aliphatic rings. The maximum absolute atomic E-state index is 12.2. The van der Waals surface area contributed by atoms with Crippen LogP contribution in [0.4, 0.5) is 0 Å². The Bertz CT molecular complexity index is 1230. The molecule has 1 aliphatic heterocycles. The molecule has 1 saturated heterocycles. The number of rotatable bonds is 12. The third-order valence-electron chi connectivity index (χ3n) is 5.09. The van der Waals surface area contributed by atoms with Crippen molar-refractivity contribution >= 4 is 26.3 Å². The van der Waals surface area contributed by atoms with Crippen LogP contribution in [-0.2, 0) is 44.1 Å². The lowest BCUT2D eigenvalue weighted by molar-refractivity contribution is -0.159. The van der Waals surface area contributed by atoms with Crippen LogP contribution in [-0.4, -0.2) is 81.1 Å². The molecule has 0 bridgehead atoms. The molecule has 3 heterocycles. The van der Waals surface area contributed by atoms with Crippen molar-refractivity contribution in [3.63, 3.8) is 0 Å². The number of ether oxygens (including phenoxy) is 4. The summed E-state index contributed by atoms with van der Waals surface area (Å²) in [6.07, 6.45) is -1.72. The van der Waals surface area contributed by atoms with Gasteiger partial charge in [-0.1, -0.05) is 32.9 Å². The number of nitrogens with zero attached hydrogens (tertiary/aromatic N) is 4. The molecule has 0 amide bonds. The normalized spacial score (nSPS) is 21.3. The summed E-state index contributed by atoms with van der Waals surface area (Å²) in [6.45, 7) is 13.0. The predicted octanol–water partition coefficient (Wildman–Crippen LogP) is 0.802. The van der Waals surface area contributed by atoms with Crippen molar-refractivity contribution in [3.8, 4) is 0 Å². The van der Waals surface area contributed by atoms with Crippen molar-refractivity contribution in [2.75, 3.05) is 20.7 Å².